The molecule has 0 aliphatic carbocycles. The predicted molar refractivity (Wildman–Crippen MR) is 66.7 cm³/mol. The van der Waals surface area contributed by atoms with Gasteiger partial charge in [0.15, 0.2) is 0 Å². The first-order valence-electron chi connectivity index (χ1n) is 5.55. The largest absolute Gasteiger partial charge is 0.387 e. The number of hydrogen-bond acceptors (Lipinski definition) is 2. The molecule has 0 amide bonds. The number of aromatic nitrogens is 1. The van der Waals surface area contributed by atoms with Gasteiger partial charge in [0.05, 0.1) is 6.10 Å². The summed E-state index contributed by atoms with van der Waals surface area (Å²) in [6, 6.07) is 6.26. The van der Waals surface area contributed by atoms with E-state index in [1.165, 1.54) is 5.56 Å². The van der Waals surface area contributed by atoms with E-state index in [4.69, 9.17) is 0 Å². The summed E-state index contributed by atoms with van der Waals surface area (Å²) in [5.41, 5.74) is 4.36. The van der Waals surface area contributed by atoms with Crippen LogP contribution in [0, 0.1) is 13.8 Å². The number of aliphatic hydroxyl groups is 1. The van der Waals surface area contributed by atoms with Gasteiger partial charge in [0.2, 0.25) is 0 Å². The van der Waals surface area contributed by atoms with Crippen LogP contribution in [0.25, 0.3) is 10.9 Å². The van der Waals surface area contributed by atoms with Gasteiger partial charge in [-0.05, 0) is 33.0 Å². The molecule has 0 bridgehead atoms. The summed E-state index contributed by atoms with van der Waals surface area (Å²) in [7, 11) is 1.85. The number of rotatable bonds is 3. The smallest absolute Gasteiger partial charge is 0.0937 e. The summed E-state index contributed by atoms with van der Waals surface area (Å²) in [4.78, 5) is 3.31. The maximum Gasteiger partial charge on any atom is 0.0937 e. The highest BCUT2D eigenvalue weighted by molar-refractivity contribution is 5.85. The maximum absolute atomic E-state index is 10.1. The van der Waals surface area contributed by atoms with E-state index in [2.05, 4.69) is 35.4 Å². The first-order chi connectivity index (χ1) is 7.63. The molecule has 0 radical (unpaired) electrons. The molecule has 2 aromatic rings. The lowest BCUT2D eigenvalue weighted by atomic mass is 10.0. The van der Waals surface area contributed by atoms with Crippen LogP contribution in [0.3, 0.4) is 0 Å². The zero-order valence-electron chi connectivity index (χ0n) is 9.96. The lowest BCUT2D eigenvalue weighted by molar-refractivity contribution is 0.178. The number of hydrogen-bond donors (Lipinski definition) is 3. The van der Waals surface area contributed by atoms with Gasteiger partial charge < -0.3 is 15.4 Å². The number of nitrogens with one attached hydrogen (secondary N) is 2. The van der Waals surface area contributed by atoms with Crippen LogP contribution in [0.4, 0.5) is 0 Å². The maximum atomic E-state index is 10.1. The minimum absolute atomic E-state index is 0.458. The molecular weight excluding hydrogens is 200 g/mol. The summed E-state index contributed by atoms with van der Waals surface area (Å²) in [5.74, 6) is 0. The number of H-pyrrole nitrogens is 1. The molecule has 0 aliphatic heterocycles. The zero-order valence-corrected chi connectivity index (χ0v) is 9.96. The lowest BCUT2D eigenvalue weighted by Gasteiger charge is -2.10. The van der Waals surface area contributed by atoms with Crippen molar-refractivity contribution in [3.8, 4) is 0 Å². The van der Waals surface area contributed by atoms with Gasteiger partial charge in [0.1, 0.15) is 0 Å². The van der Waals surface area contributed by atoms with Gasteiger partial charge in [0, 0.05) is 28.7 Å². The second-order valence-corrected chi connectivity index (χ2v) is 4.29. The number of fused-ring (bicyclic) bond motifs is 1. The number of aryl methyl sites for hydroxylation is 2. The van der Waals surface area contributed by atoms with Gasteiger partial charge in [-0.15, -0.1) is 0 Å². The standard InChI is InChI=1S/C13H18N2O/c1-8-4-5-11-10(6-8)13(9(2)15-11)12(16)7-14-3/h4-6,12,14-16H,7H2,1-3H3. The summed E-state index contributed by atoms with van der Waals surface area (Å²) in [6.45, 7) is 4.64. The summed E-state index contributed by atoms with van der Waals surface area (Å²) >= 11 is 0. The van der Waals surface area contributed by atoms with Crippen LogP contribution < -0.4 is 5.32 Å². The highest BCUT2D eigenvalue weighted by Gasteiger charge is 2.15. The Morgan fingerprint density at radius 3 is 2.81 bits per heavy atom. The second-order valence-electron chi connectivity index (χ2n) is 4.29. The summed E-state index contributed by atoms with van der Waals surface area (Å²) < 4.78 is 0. The van der Waals surface area contributed by atoms with E-state index in [9.17, 15) is 5.11 Å². The molecule has 1 aromatic heterocycles. The van der Waals surface area contributed by atoms with Crippen molar-refractivity contribution in [3.63, 3.8) is 0 Å². The van der Waals surface area contributed by atoms with E-state index in [0.717, 1.165) is 22.2 Å². The monoisotopic (exact) mass is 218 g/mol. The van der Waals surface area contributed by atoms with Crippen molar-refractivity contribution in [2.45, 2.75) is 20.0 Å². The molecule has 16 heavy (non-hydrogen) atoms. The van der Waals surface area contributed by atoms with Gasteiger partial charge in [-0.1, -0.05) is 11.6 Å². The van der Waals surface area contributed by atoms with Crippen molar-refractivity contribution in [3.05, 3.63) is 35.0 Å². The predicted octanol–water partition coefficient (Wildman–Crippen LogP) is 2.04. The molecule has 0 aliphatic rings. The Morgan fingerprint density at radius 2 is 2.12 bits per heavy atom. The summed E-state index contributed by atoms with van der Waals surface area (Å²) in [5, 5.41) is 14.2. The van der Waals surface area contributed by atoms with Crippen LogP contribution in [0.15, 0.2) is 18.2 Å². The number of aromatic amines is 1. The fourth-order valence-corrected chi connectivity index (χ4v) is 2.19. The first kappa shape index (κ1) is 11.2. The number of aliphatic hydroxyl groups excluding tert-OH is 1. The van der Waals surface area contributed by atoms with Gasteiger partial charge in [-0.3, -0.25) is 0 Å². The van der Waals surface area contributed by atoms with Crippen molar-refractivity contribution >= 4 is 10.9 Å². The highest BCUT2D eigenvalue weighted by Crippen LogP contribution is 2.28. The molecule has 1 heterocycles. The topological polar surface area (TPSA) is 48.0 Å². The molecule has 1 atom stereocenters. The van der Waals surface area contributed by atoms with Gasteiger partial charge >= 0.3 is 0 Å². The fraction of sp³-hybridized carbons (Fsp3) is 0.385. The van der Waals surface area contributed by atoms with Crippen molar-refractivity contribution < 1.29 is 5.11 Å². The number of benzene rings is 1. The minimum atomic E-state index is -0.458. The molecule has 86 valence electrons. The molecule has 0 fully saturated rings. The minimum Gasteiger partial charge on any atom is -0.387 e. The van der Waals surface area contributed by atoms with E-state index in [1.54, 1.807) is 0 Å². The van der Waals surface area contributed by atoms with Crippen LogP contribution in [0.5, 0.6) is 0 Å². The molecule has 3 N–H and O–H groups in total. The quantitative estimate of drug-likeness (QED) is 0.738. The molecule has 3 nitrogen and oxygen atoms in total. The van der Waals surface area contributed by atoms with Crippen LogP contribution >= 0.6 is 0 Å². The Labute approximate surface area is 95.5 Å². The van der Waals surface area contributed by atoms with Crippen molar-refractivity contribution in [1.29, 1.82) is 0 Å². The molecule has 0 saturated heterocycles. The Morgan fingerprint density at radius 1 is 1.38 bits per heavy atom. The number of likely N-dealkylation sites (N-methyl/N-ethyl adjacent to an activating group) is 1. The molecule has 0 spiro atoms. The van der Waals surface area contributed by atoms with Gasteiger partial charge in [-0.2, -0.15) is 0 Å². The SMILES string of the molecule is CNCC(O)c1c(C)[nH]c2ccc(C)cc12. The van der Waals surface area contributed by atoms with Crippen molar-refractivity contribution in [2.75, 3.05) is 13.6 Å². The summed E-state index contributed by atoms with van der Waals surface area (Å²) in [6.07, 6.45) is -0.458. The Hall–Kier alpha value is -1.32. The van der Waals surface area contributed by atoms with Crippen LogP contribution in [0.2, 0.25) is 0 Å². The normalized spacial score (nSPS) is 13.2. The molecule has 3 heteroatoms. The Balaban J connectivity index is 2.58. The molecule has 0 saturated carbocycles. The Kier molecular flexibility index (Phi) is 2.99. The van der Waals surface area contributed by atoms with Crippen LogP contribution in [-0.4, -0.2) is 23.7 Å². The van der Waals surface area contributed by atoms with Crippen molar-refractivity contribution in [2.24, 2.45) is 0 Å². The van der Waals surface area contributed by atoms with E-state index in [-0.39, 0.29) is 0 Å². The second kappa shape index (κ2) is 4.28. The van der Waals surface area contributed by atoms with Crippen molar-refractivity contribution in [1.82, 2.24) is 10.3 Å². The van der Waals surface area contributed by atoms with Gasteiger partial charge in [-0.25, -0.2) is 0 Å². The Bertz CT molecular complexity index is 502. The molecule has 1 unspecified atom stereocenters. The average Bonchev–Trinajstić information content (AvgIpc) is 2.53. The third kappa shape index (κ3) is 1.84. The average molecular weight is 218 g/mol. The van der Waals surface area contributed by atoms with E-state index >= 15 is 0 Å². The van der Waals surface area contributed by atoms with E-state index < -0.39 is 6.10 Å². The zero-order chi connectivity index (χ0) is 11.7. The molecule has 1 aromatic carbocycles. The lowest BCUT2D eigenvalue weighted by Crippen LogP contribution is -2.17. The fourth-order valence-electron chi connectivity index (χ4n) is 2.19. The van der Waals surface area contributed by atoms with E-state index in [0.29, 0.717) is 6.54 Å². The molecular formula is C13H18N2O. The highest BCUT2D eigenvalue weighted by atomic mass is 16.3. The molecule has 2 rings (SSSR count). The van der Waals surface area contributed by atoms with E-state index in [1.807, 2.05) is 14.0 Å². The van der Waals surface area contributed by atoms with Crippen LogP contribution in [-0.2, 0) is 0 Å². The first-order valence-corrected chi connectivity index (χ1v) is 5.55. The third-order valence-corrected chi connectivity index (χ3v) is 2.92. The van der Waals surface area contributed by atoms with Gasteiger partial charge in [0.25, 0.3) is 0 Å². The third-order valence-electron chi connectivity index (χ3n) is 2.92. The van der Waals surface area contributed by atoms with Crippen LogP contribution in [0.1, 0.15) is 22.9 Å².